The molecule has 2 heterocycles. The van der Waals surface area contributed by atoms with E-state index in [-0.39, 0.29) is 0 Å². The number of hydrogen-bond acceptors (Lipinski definition) is 12. The van der Waals surface area contributed by atoms with Gasteiger partial charge in [0.2, 0.25) is 0 Å². The van der Waals surface area contributed by atoms with Crippen LogP contribution in [-0.4, -0.2) is 114 Å². The van der Waals surface area contributed by atoms with Crippen LogP contribution < -0.4 is 0 Å². The first-order chi connectivity index (χ1) is 13.0. The van der Waals surface area contributed by atoms with Crippen molar-refractivity contribution >= 4 is 10.4 Å². The summed E-state index contributed by atoms with van der Waals surface area (Å²) in [6, 6.07) is 0. The zero-order valence-corrected chi connectivity index (χ0v) is 16.0. The minimum atomic E-state index is -4.84. The zero-order chi connectivity index (χ0) is 21.2. The van der Waals surface area contributed by atoms with E-state index in [4.69, 9.17) is 23.5 Å². The first-order valence-corrected chi connectivity index (χ1v) is 9.80. The summed E-state index contributed by atoms with van der Waals surface area (Å²) in [7, 11) is -3.67. The Kier molecular flexibility index (Phi) is 8.11. The summed E-state index contributed by atoms with van der Waals surface area (Å²) in [6.45, 7) is 0.0996. The van der Waals surface area contributed by atoms with Gasteiger partial charge in [0, 0.05) is 13.0 Å². The molecule has 14 heteroatoms. The highest BCUT2D eigenvalue weighted by atomic mass is 32.3. The molecule has 4 unspecified atom stereocenters. The van der Waals surface area contributed by atoms with Crippen molar-refractivity contribution in [3.63, 3.8) is 0 Å². The monoisotopic (exact) mass is 434 g/mol. The normalized spacial score (nSPS) is 45.1. The smallest absolute Gasteiger partial charge is 0.394 e. The van der Waals surface area contributed by atoms with Crippen molar-refractivity contribution in [2.24, 2.45) is 5.92 Å². The standard InChI is InChI=1S/C14H26O13S/c1-5-8(16)6(3-15)25-14(9(5)17)27-12-7(4-24-28(20,21)22)26-13(23-2)11(19)10(12)18/h5-19H,3-4H2,1-2H3,(H,20,21,22)/t5-,6?,7?,8+,9?,10+,11?,12-,13-,14-/m0/s1. The average molecular weight is 434 g/mol. The molecule has 13 nitrogen and oxygen atoms in total. The molecule has 0 spiro atoms. The summed E-state index contributed by atoms with van der Waals surface area (Å²) < 4.78 is 55.7. The minimum absolute atomic E-state index is 0.578. The predicted octanol–water partition coefficient (Wildman–Crippen LogP) is -3.64. The molecule has 2 rings (SSSR count). The predicted molar refractivity (Wildman–Crippen MR) is 87.0 cm³/mol. The second kappa shape index (κ2) is 9.55. The molecule has 2 fully saturated rings. The molecule has 0 aromatic rings. The maximum absolute atomic E-state index is 10.9. The largest absolute Gasteiger partial charge is 0.397 e. The second-order valence-corrected chi connectivity index (χ2v) is 7.73. The first-order valence-electron chi connectivity index (χ1n) is 8.44. The Morgan fingerprint density at radius 3 is 2.07 bits per heavy atom. The van der Waals surface area contributed by atoms with Gasteiger partial charge in [0.15, 0.2) is 12.6 Å². The van der Waals surface area contributed by atoms with Gasteiger partial charge in [-0.1, -0.05) is 6.92 Å². The fourth-order valence-corrected chi connectivity index (χ4v) is 3.40. The van der Waals surface area contributed by atoms with Gasteiger partial charge in [-0.15, -0.1) is 0 Å². The van der Waals surface area contributed by atoms with E-state index in [0.717, 1.165) is 0 Å². The Morgan fingerprint density at radius 1 is 0.929 bits per heavy atom. The van der Waals surface area contributed by atoms with Gasteiger partial charge in [0.25, 0.3) is 0 Å². The van der Waals surface area contributed by atoms with Crippen molar-refractivity contribution in [3.05, 3.63) is 0 Å². The SMILES string of the molecule is CO[C@H]1OC(COS(=O)(=O)O)[C@H](O[C@@H]2OC(CO)[C@H](O)[C@H](C)C2O)[C@H](O)C1O. The van der Waals surface area contributed by atoms with E-state index in [9.17, 15) is 34.0 Å². The van der Waals surface area contributed by atoms with Gasteiger partial charge in [-0.25, -0.2) is 4.18 Å². The molecule has 0 saturated carbocycles. The Labute approximate surface area is 161 Å². The van der Waals surface area contributed by atoms with Crippen molar-refractivity contribution in [2.75, 3.05) is 20.3 Å². The van der Waals surface area contributed by atoms with E-state index in [1.165, 1.54) is 14.0 Å². The molecule has 2 aliphatic heterocycles. The van der Waals surface area contributed by atoms with Gasteiger partial charge in [-0.3, -0.25) is 4.55 Å². The van der Waals surface area contributed by atoms with Crippen LogP contribution >= 0.6 is 0 Å². The third-order valence-electron chi connectivity index (χ3n) is 4.77. The van der Waals surface area contributed by atoms with Crippen LogP contribution in [-0.2, 0) is 33.5 Å². The maximum Gasteiger partial charge on any atom is 0.397 e. The molecule has 0 amide bonds. The maximum atomic E-state index is 10.9. The molecule has 0 aromatic carbocycles. The molecular formula is C14H26O13S. The second-order valence-electron chi connectivity index (χ2n) is 6.64. The van der Waals surface area contributed by atoms with Crippen LogP contribution in [0.1, 0.15) is 6.92 Å². The summed E-state index contributed by atoms with van der Waals surface area (Å²) in [6.07, 6.45) is -12.6. The van der Waals surface area contributed by atoms with Crippen molar-refractivity contribution in [3.8, 4) is 0 Å². The Hall–Kier alpha value is -0.490. The molecule has 2 saturated heterocycles. The van der Waals surface area contributed by atoms with Gasteiger partial charge in [0.1, 0.15) is 36.6 Å². The highest BCUT2D eigenvalue weighted by molar-refractivity contribution is 7.80. The van der Waals surface area contributed by atoms with E-state index < -0.39 is 84.8 Å². The van der Waals surface area contributed by atoms with Crippen molar-refractivity contribution in [1.82, 2.24) is 0 Å². The molecule has 0 bridgehead atoms. The molecule has 0 radical (unpaired) electrons. The van der Waals surface area contributed by atoms with Crippen LogP contribution in [0.5, 0.6) is 0 Å². The molecule has 6 N–H and O–H groups in total. The fourth-order valence-electron chi connectivity index (χ4n) is 3.10. The summed E-state index contributed by atoms with van der Waals surface area (Å²) >= 11 is 0. The number of ether oxygens (including phenoxy) is 4. The van der Waals surface area contributed by atoms with Crippen molar-refractivity contribution < 1.29 is 61.6 Å². The molecule has 10 atom stereocenters. The van der Waals surface area contributed by atoms with Gasteiger partial charge in [-0.2, -0.15) is 8.42 Å². The highest BCUT2D eigenvalue weighted by Crippen LogP contribution is 2.31. The molecule has 28 heavy (non-hydrogen) atoms. The van der Waals surface area contributed by atoms with Gasteiger partial charge >= 0.3 is 10.4 Å². The van der Waals surface area contributed by atoms with Crippen molar-refractivity contribution in [2.45, 2.75) is 62.2 Å². The lowest BCUT2D eigenvalue weighted by Gasteiger charge is -2.46. The van der Waals surface area contributed by atoms with Gasteiger partial charge in [0.05, 0.1) is 19.3 Å². The first kappa shape index (κ1) is 23.8. The number of methoxy groups -OCH3 is 1. The third kappa shape index (κ3) is 5.35. The summed E-state index contributed by atoms with van der Waals surface area (Å²) in [5.41, 5.74) is 0. The molecule has 2 aliphatic rings. The average Bonchev–Trinajstić information content (AvgIpc) is 2.64. The number of hydrogen-bond donors (Lipinski definition) is 6. The van der Waals surface area contributed by atoms with Crippen LogP contribution in [0.4, 0.5) is 0 Å². The van der Waals surface area contributed by atoms with Crippen LogP contribution in [0.3, 0.4) is 0 Å². The minimum Gasteiger partial charge on any atom is -0.394 e. The lowest BCUT2D eigenvalue weighted by molar-refractivity contribution is -0.352. The summed E-state index contributed by atoms with van der Waals surface area (Å²) in [4.78, 5) is 0. The van der Waals surface area contributed by atoms with Crippen LogP contribution in [0.15, 0.2) is 0 Å². The molecular weight excluding hydrogens is 408 g/mol. The topological polar surface area (TPSA) is 202 Å². The lowest BCUT2D eigenvalue weighted by Crippen LogP contribution is -2.63. The van der Waals surface area contributed by atoms with E-state index in [1.807, 2.05) is 0 Å². The number of rotatable bonds is 7. The van der Waals surface area contributed by atoms with E-state index in [2.05, 4.69) is 4.18 Å². The van der Waals surface area contributed by atoms with Gasteiger partial charge in [-0.05, 0) is 0 Å². The van der Waals surface area contributed by atoms with Crippen LogP contribution in [0.2, 0.25) is 0 Å². The third-order valence-corrected chi connectivity index (χ3v) is 5.21. The lowest BCUT2D eigenvalue weighted by atomic mass is 9.90. The highest BCUT2D eigenvalue weighted by Gasteiger charge is 2.50. The molecule has 166 valence electrons. The molecule has 0 aliphatic carbocycles. The summed E-state index contributed by atoms with van der Waals surface area (Å²) in [5, 5.41) is 50.0. The fraction of sp³-hybridized carbons (Fsp3) is 1.00. The van der Waals surface area contributed by atoms with Crippen LogP contribution in [0.25, 0.3) is 0 Å². The quantitative estimate of drug-likeness (QED) is 0.214. The van der Waals surface area contributed by atoms with E-state index >= 15 is 0 Å². The molecule has 0 aromatic heterocycles. The Morgan fingerprint density at radius 2 is 1.54 bits per heavy atom. The van der Waals surface area contributed by atoms with E-state index in [0.29, 0.717) is 0 Å². The van der Waals surface area contributed by atoms with E-state index in [1.54, 1.807) is 0 Å². The Bertz CT molecular complexity index is 598. The zero-order valence-electron chi connectivity index (χ0n) is 15.1. The van der Waals surface area contributed by atoms with Gasteiger partial charge < -0.3 is 44.5 Å². The summed E-state index contributed by atoms with van der Waals surface area (Å²) in [5.74, 6) is -0.776. The number of aliphatic hydroxyl groups excluding tert-OH is 5. The van der Waals surface area contributed by atoms with Crippen LogP contribution in [0, 0.1) is 5.92 Å². The van der Waals surface area contributed by atoms with Crippen molar-refractivity contribution in [1.29, 1.82) is 0 Å². The Balaban J connectivity index is 2.19. The number of aliphatic hydroxyl groups is 5.